The molecule has 0 aromatic heterocycles. The Morgan fingerprint density at radius 3 is 2.31 bits per heavy atom. The predicted octanol–water partition coefficient (Wildman–Crippen LogP) is 3.49. The Kier molecular flexibility index (Phi) is 5.81. The molecule has 1 aliphatic rings. The first kappa shape index (κ1) is 14.0. The van der Waals surface area contributed by atoms with Gasteiger partial charge in [0.05, 0.1) is 0 Å². The molecule has 0 saturated heterocycles. The van der Waals surface area contributed by atoms with Gasteiger partial charge in [0.15, 0.2) is 0 Å². The molecule has 94 valence electrons. The minimum absolute atomic E-state index is 0.203. The Labute approximate surface area is 108 Å². The molecule has 0 bridgehead atoms. The maximum absolute atomic E-state index is 11.9. The van der Waals surface area contributed by atoms with Crippen molar-refractivity contribution in [1.29, 1.82) is 0 Å². The highest BCUT2D eigenvalue weighted by Gasteiger charge is 2.33. The number of carbonyl (C=O) groups is 1. The molecule has 1 rings (SSSR count). The molecule has 1 N–H and O–H groups in total. The fourth-order valence-electron chi connectivity index (χ4n) is 2.56. The van der Waals surface area contributed by atoms with Crippen LogP contribution in [-0.2, 0) is 4.79 Å². The summed E-state index contributed by atoms with van der Waals surface area (Å²) in [5.41, 5.74) is 0.335. The van der Waals surface area contributed by atoms with Crippen LogP contribution in [0.1, 0.15) is 52.4 Å². The van der Waals surface area contributed by atoms with Crippen molar-refractivity contribution in [1.82, 2.24) is 5.32 Å². The van der Waals surface area contributed by atoms with E-state index in [1.54, 1.807) is 0 Å². The van der Waals surface area contributed by atoms with Crippen LogP contribution in [0.25, 0.3) is 0 Å². The molecule has 1 saturated carbocycles. The van der Waals surface area contributed by atoms with Gasteiger partial charge in [-0.1, -0.05) is 42.6 Å². The van der Waals surface area contributed by atoms with Crippen LogP contribution in [-0.4, -0.2) is 17.8 Å². The first-order chi connectivity index (χ1) is 7.67. The zero-order chi connectivity index (χ0) is 12.0. The second-order valence-electron chi connectivity index (χ2n) is 5.07. The van der Waals surface area contributed by atoms with Crippen molar-refractivity contribution in [3.8, 4) is 0 Å². The minimum atomic E-state index is 0.203. The number of rotatable bonds is 6. The summed E-state index contributed by atoms with van der Waals surface area (Å²) in [7, 11) is 0. The SMILES string of the molecule is CCC(CC)C(=O)NCC1(CBr)CCCC1. The van der Waals surface area contributed by atoms with E-state index in [1.165, 1.54) is 25.7 Å². The van der Waals surface area contributed by atoms with E-state index in [-0.39, 0.29) is 11.8 Å². The highest BCUT2D eigenvalue weighted by molar-refractivity contribution is 9.09. The quantitative estimate of drug-likeness (QED) is 0.745. The number of carbonyl (C=O) groups excluding carboxylic acids is 1. The van der Waals surface area contributed by atoms with Gasteiger partial charge in [-0.05, 0) is 31.1 Å². The Bertz CT molecular complexity index is 220. The van der Waals surface area contributed by atoms with Crippen molar-refractivity contribution < 1.29 is 4.79 Å². The summed E-state index contributed by atoms with van der Waals surface area (Å²) in [5, 5.41) is 4.17. The monoisotopic (exact) mass is 289 g/mol. The van der Waals surface area contributed by atoms with Crippen molar-refractivity contribution in [2.24, 2.45) is 11.3 Å². The van der Waals surface area contributed by atoms with Crippen LogP contribution in [0.15, 0.2) is 0 Å². The van der Waals surface area contributed by atoms with Gasteiger partial charge in [0.25, 0.3) is 0 Å². The zero-order valence-electron chi connectivity index (χ0n) is 10.5. The van der Waals surface area contributed by atoms with E-state index >= 15 is 0 Å². The molecule has 0 unspecified atom stereocenters. The Morgan fingerprint density at radius 2 is 1.88 bits per heavy atom. The average molecular weight is 290 g/mol. The average Bonchev–Trinajstić information content (AvgIpc) is 2.77. The van der Waals surface area contributed by atoms with Crippen molar-refractivity contribution in [3.63, 3.8) is 0 Å². The lowest BCUT2D eigenvalue weighted by molar-refractivity contribution is -0.125. The maximum atomic E-state index is 11.9. The molecule has 0 aromatic carbocycles. The van der Waals surface area contributed by atoms with E-state index in [9.17, 15) is 4.79 Å². The topological polar surface area (TPSA) is 29.1 Å². The Hall–Kier alpha value is -0.0500. The van der Waals surface area contributed by atoms with Gasteiger partial charge < -0.3 is 5.32 Å². The summed E-state index contributed by atoms with van der Waals surface area (Å²) in [5.74, 6) is 0.450. The van der Waals surface area contributed by atoms with Gasteiger partial charge in [0, 0.05) is 17.8 Å². The summed E-state index contributed by atoms with van der Waals surface area (Å²) in [6.45, 7) is 5.03. The molecule has 0 aromatic rings. The molecule has 1 fully saturated rings. The first-order valence-corrected chi connectivity index (χ1v) is 7.63. The molecule has 0 radical (unpaired) electrons. The number of alkyl halides is 1. The molecule has 2 nitrogen and oxygen atoms in total. The number of hydrogen-bond acceptors (Lipinski definition) is 1. The van der Waals surface area contributed by atoms with Crippen molar-refractivity contribution >= 4 is 21.8 Å². The Morgan fingerprint density at radius 1 is 1.31 bits per heavy atom. The molecule has 0 atom stereocenters. The standard InChI is InChI=1S/C13H24BrNO/c1-3-11(4-2)12(16)15-10-13(9-14)7-5-6-8-13/h11H,3-10H2,1-2H3,(H,15,16). The Balaban J connectivity index is 2.40. The lowest BCUT2D eigenvalue weighted by atomic mass is 9.88. The first-order valence-electron chi connectivity index (χ1n) is 6.51. The van der Waals surface area contributed by atoms with E-state index in [1.807, 2.05) is 0 Å². The van der Waals surface area contributed by atoms with Crippen LogP contribution >= 0.6 is 15.9 Å². The predicted molar refractivity (Wildman–Crippen MR) is 71.8 cm³/mol. The third-order valence-electron chi connectivity index (χ3n) is 3.94. The third-order valence-corrected chi connectivity index (χ3v) is 5.13. The number of nitrogens with one attached hydrogen (secondary N) is 1. The number of amides is 1. The smallest absolute Gasteiger partial charge is 0.223 e. The van der Waals surface area contributed by atoms with Crippen LogP contribution in [0.3, 0.4) is 0 Å². The van der Waals surface area contributed by atoms with E-state index in [0.29, 0.717) is 5.41 Å². The summed E-state index contributed by atoms with van der Waals surface area (Å²) in [4.78, 5) is 11.9. The van der Waals surface area contributed by atoms with Gasteiger partial charge in [0.1, 0.15) is 0 Å². The fourth-order valence-corrected chi connectivity index (χ4v) is 3.32. The highest BCUT2D eigenvalue weighted by Crippen LogP contribution is 2.39. The molecule has 1 aliphatic carbocycles. The zero-order valence-corrected chi connectivity index (χ0v) is 12.1. The van der Waals surface area contributed by atoms with Crippen molar-refractivity contribution in [2.75, 3.05) is 11.9 Å². The lowest BCUT2D eigenvalue weighted by Gasteiger charge is -2.27. The minimum Gasteiger partial charge on any atom is -0.355 e. The van der Waals surface area contributed by atoms with Gasteiger partial charge in [0.2, 0.25) is 5.91 Å². The van der Waals surface area contributed by atoms with E-state index in [2.05, 4.69) is 35.1 Å². The molecule has 0 spiro atoms. The number of hydrogen-bond donors (Lipinski definition) is 1. The number of halogens is 1. The van der Waals surface area contributed by atoms with Gasteiger partial charge in [-0.25, -0.2) is 0 Å². The maximum Gasteiger partial charge on any atom is 0.223 e. The van der Waals surface area contributed by atoms with Crippen LogP contribution in [0.2, 0.25) is 0 Å². The van der Waals surface area contributed by atoms with E-state index in [0.717, 1.165) is 24.7 Å². The second-order valence-corrected chi connectivity index (χ2v) is 5.63. The third kappa shape index (κ3) is 3.47. The molecular weight excluding hydrogens is 266 g/mol. The van der Waals surface area contributed by atoms with Gasteiger partial charge in [-0.15, -0.1) is 0 Å². The van der Waals surface area contributed by atoms with Crippen LogP contribution in [0, 0.1) is 11.3 Å². The van der Waals surface area contributed by atoms with Crippen LogP contribution < -0.4 is 5.32 Å². The van der Waals surface area contributed by atoms with E-state index < -0.39 is 0 Å². The lowest BCUT2D eigenvalue weighted by Crippen LogP contribution is -2.39. The van der Waals surface area contributed by atoms with Crippen molar-refractivity contribution in [3.05, 3.63) is 0 Å². The summed E-state index contributed by atoms with van der Waals surface area (Å²) >= 11 is 3.60. The summed E-state index contributed by atoms with van der Waals surface area (Å²) in [6, 6.07) is 0. The molecular formula is C13H24BrNO. The second kappa shape index (κ2) is 6.63. The van der Waals surface area contributed by atoms with Gasteiger partial charge >= 0.3 is 0 Å². The largest absolute Gasteiger partial charge is 0.355 e. The van der Waals surface area contributed by atoms with Crippen LogP contribution in [0.4, 0.5) is 0 Å². The molecule has 0 heterocycles. The molecule has 3 heteroatoms. The van der Waals surface area contributed by atoms with E-state index in [4.69, 9.17) is 0 Å². The fraction of sp³-hybridized carbons (Fsp3) is 0.923. The van der Waals surface area contributed by atoms with Crippen LogP contribution in [0.5, 0.6) is 0 Å². The van der Waals surface area contributed by atoms with Gasteiger partial charge in [-0.2, -0.15) is 0 Å². The molecule has 0 aliphatic heterocycles. The molecule has 16 heavy (non-hydrogen) atoms. The highest BCUT2D eigenvalue weighted by atomic mass is 79.9. The summed E-state index contributed by atoms with van der Waals surface area (Å²) < 4.78 is 0. The normalized spacial score (nSPS) is 19.0. The van der Waals surface area contributed by atoms with Gasteiger partial charge in [-0.3, -0.25) is 4.79 Å². The summed E-state index contributed by atoms with van der Waals surface area (Å²) in [6.07, 6.45) is 7.02. The molecule has 1 amide bonds. The van der Waals surface area contributed by atoms with Crippen molar-refractivity contribution in [2.45, 2.75) is 52.4 Å².